The predicted molar refractivity (Wildman–Crippen MR) is 70.7 cm³/mol. The minimum absolute atomic E-state index is 0.216. The van der Waals surface area contributed by atoms with Gasteiger partial charge < -0.3 is 9.15 Å². The minimum Gasteiger partial charge on any atom is -0.484 e. The molecule has 2 rings (SSSR count). The molecule has 5 nitrogen and oxygen atoms in total. The summed E-state index contributed by atoms with van der Waals surface area (Å²) in [6.45, 7) is 4.01. The molecule has 98 valence electrons. The van der Waals surface area contributed by atoms with Crippen molar-refractivity contribution in [2.75, 3.05) is 0 Å². The summed E-state index contributed by atoms with van der Waals surface area (Å²) in [4.78, 5) is 0. The maximum absolute atomic E-state index is 8.69. The van der Waals surface area contributed by atoms with Gasteiger partial charge in [-0.3, -0.25) is 0 Å². The molecule has 1 aromatic heterocycles. The molecule has 0 spiro atoms. The van der Waals surface area contributed by atoms with Gasteiger partial charge in [-0.25, -0.2) is 0 Å². The Morgan fingerprint density at radius 3 is 2.79 bits per heavy atom. The highest BCUT2D eigenvalue weighted by Crippen LogP contribution is 2.21. The van der Waals surface area contributed by atoms with Crippen molar-refractivity contribution >= 4 is 11.8 Å². The zero-order valence-electron chi connectivity index (χ0n) is 10.7. The molecular formula is C13H13N3O2S. The molecule has 0 amide bonds. The number of thioether (sulfide) groups is 1. The van der Waals surface area contributed by atoms with Gasteiger partial charge in [0.25, 0.3) is 11.1 Å². The van der Waals surface area contributed by atoms with Gasteiger partial charge in [-0.05, 0) is 37.7 Å². The third kappa shape index (κ3) is 4.00. The first-order chi connectivity index (χ1) is 9.17. The van der Waals surface area contributed by atoms with Crippen LogP contribution in [0.5, 0.6) is 5.75 Å². The second kappa shape index (κ2) is 6.25. The molecule has 0 fully saturated rings. The van der Waals surface area contributed by atoms with E-state index in [-0.39, 0.29) is 11.9 Å². The second-order valence-corrected chi connectivity index (χ2v) is 5.24. The van der Waals surface area contributed by atoms with Crippen molar-refractivity contribution in [2.24, 2.45) is 0 Å². The summed E-state index contributed by atoms with van der Waals surface area (Å²) in [6, 6.07) is 9.81. The van der Waals surface area contributed by atoms with Crippen LogP contribution in [0, 0.1) is 18.3 Å². The zero-order valence-corrected chi connectivity index (χ0v) is 11.5. The van der Waals surface area contributed by atoms with Crippen LogP contribution < -0.4 is 4.74 Å². The quantitative estimate of drug-likeness (QED) is 0.781. The lowest BCUT2D eigenvalue weighted by molar-refractivity contribution is 0.252. The van der Waals surface area contributed by atoms with Gasteiger partial charge in [0.1, 0.15) is 5.75 Å². The smallest absolute Gasteiger partial charge is 0.277 e. The van der Waals surface area contributed by atoms with Crippen molar-refractivity contribution in [3.05, 3.63) is 35.7 Å². The Bertz CT molecular complexity index is 574. The Morgan fingerprint density at radius 2 is 2.11 bits per heavy atom. The number of rotatable bonds is 5. The van der Waals surface area contributed by atoms with Gasteiger partial charge >= 0.3 is 0 Å². The third-order valence-corrected chi connectivity index (χ3v) is 3.12. The van der Waals surface area contributed by atoms with Crippen LogP contribution >= 0.6 is 11.8 Å². The molecule has 6 heteroatoms. The van der Waals surface area contributed by atoms with E-state index in [1.54, 1.807) is 6.92 Å². The number of aryl methyl sites for hydroxylation is 1. The summed E-state index contributed by atoms with van der Waals surface area (Å²) in [7, 11) is 0. The Labute approximate surface area is 115 Å². The summed E-state index contributed by atoms with van der Waals surface area (Å²) in [5, 5.41) is 16.6. The average molecular weight is 275 g/mol. The van der Waals surface area contributed by atoms with Crippen LogP contribution in [-0.4, -0.2) is 15.4 Å². The fourth-order valence-corrected chi connectivity index (χ4v) is 1.89. The lowest BCUT2D eigenvalue weighted by Gasteiger charge is -2.02. The minimum atomic E-state index is -0.216. The lowest BCUT2D eigenvalue weighted by atomic mass is 10.2. The first-order valence-corrected chi connectivity index (χ1v) is 6.63. The Balaban J connectivity index is 1.90. The van der Waals surface area contributed by atoms with Gasteiger partial charge in [0.15, 0.2) is 6.61 Å². The van der Waals surface area contributed by atoms with Crippen LogP contribution in [0.25, 0.3) is 0 Å². The number of nitrogens with zero attached hydrogens (tertiary/aromatic N) is 3. The number of benzene rings is 1. The molecule has 0 saturated carbocycles. The van der Waals surface area contributed by atoms with Gasteiger partial charge in [-0.2, -0.15) is 5.26 Å². The fourth-order valence-electron chi connectivity index (χ4n) is 1.30. The van der Waals surface area contributed by atoms with Crippen molar-refractivity contribution in [2.45, 2.75) is 30.9 Å². The molecule has 0 aliphatic heterocycles. The highest BCUT2D eigenvalue weighted by atomic mass is 32.2. The van der Waals surface area contributed by atoms with Crippen molar-refractivity contribution in [1.29, 1.82) is 5.26 Å². The maximum Gasteiger partial charge on any atom is 0.277 e. The number of aromatic nitrogens is 2. The van der Waals surface area contributed by atoms with E-state index in [0.717, 1.165) is 5.75 Å². The van der Waals surface area contributed by atoms with Crippen LogP contribution in [0.4, 0.5) is 0 Å². The first kappa shape index (κ1) is 13.4. The molecule has 0 N–H and O–H groups in total. The average Bonchev–Trinajstić information content (AvgIpc) is 2.85. The van der Waals surface area contributed by atoms with E-state index in [2.05, 4.69) is 16.3 Å². The van der Waals surface area contributed by atoms with Gasteiger partial charge in [-0.15, -0.1) is 10.2 Å². The predicted octanol–water partition coefficient (Wildman–Crippen LogP) is 2.96. The van der Waals surface area contributed by atoms with Crippen molar-refractivity contribution in [3.63, 3.8) is 0 Å². The van der Waals surface area contributed by atoms with E-state index in [1.807, 2.05) is 31.2 Å². The monoisotopic (exact) mass is 275 g/mol. The number of hydrogen-bond donors (Lipinski definition) is 0. The largest absolute Gasteiger partial charge is 0.484 e. The molecule has 1 atom stereocenters. The number of nitriles is 1. The maximum atomic E-state index is 8.69. The SMILES string of the molecule is Cc1ccc(OCc2nnc(S[C@H](C)C#N)o2)cc1. The van der Waals surface area contributed by atoms with E-state index in [1.165, 1.54) is 17.3 Å². The topological polar surface area (TPSA) is 71.9 Å². The number of ether oxygens (including phenoxy) is 1. The Hall–Kier alpha value is -2.00. The molecule has 0 bridgehead atoms. The molecule has 0 saturated heterocycles. The van der Waals surface area contributed by atoms with Crippen LogP contribution in [0.1, 0.15) is 18.4 Å². The van der Waals surface area contributed by atoms with Crippen LogP contribution in [0.2, 0.25) is 0 Å². The van der Waals surface area contributed by atoms with Crippen LogP contribution in [0.3, 0.4) is 0 Å². The molecule has 0 aliphatic carbocycles. The van der Waals surface area contributed by atoms with Crippen LogP contribution in [0.15, 0.2) is 33.9 Å². The summed E-state index contributed by atoms with van der Waals surface area (Å²) < 4.78 is 10.9. The van der Waals surface area contributed by atoms with Gasteiger partial charge in [0, 0.05) is 0 Å². The Morgan fingerprint density at radius 1 is 1.37 bits per heavy atom. The first-order valence-electron chi connectivity index (χ1n) is 5.75. The van der Waals surface area contributed by atoms with E-state index >= 15 is 0 Å². The van der Waals surface area contributed by atoms with Crippen LogP contribution in [-0.2, 0) is 6.61 Å². The summed E-state index contributed by atoms with van der Waals surface area (Å²) in [6.07, 6.45) is 0. The molecule has 19 heavy (non-hydrogen) atoms. The van der Waals surface area contributed by atoms with Crippen molar-refractivity contribution in [3.8, 4) is 11.8 Å². The molecule has 0 unspecified atom stereocenters. The Kier molecular flexibility index (Phi) is 4.42. The fraction of sp³-hybridized carbons (Fsp3) is 0.308. The summed E-state index contributed by atoms with van der Waals surface area (Å²) in [5.41, 5.74) is 1.18. The highest BCUT2D eigenvalue weighted by molar-refractivity contribution is 7.99. The highest BCUT2D eigenvalue weighted by Gasteiger charge is 2.11. The molecule has 0 aliphatic rings. The van der Waals surface area contributed by atoms with Crippen molar-refractivity contribution < 1.29 is 9.15 Å². The van der Waals surface area contributed by atoms with E-state index in [4.69, 9.17) is 14.4 Å². The van der Waals surface area contributed by atoms with Gasteiger partial charge in [0.2, 0.25) is 0 Å². The summed E-state index contributed by atoms with van der Waals surface area (Å²) >= 11 is 1.23. The standard InChI is InChI=1S/C13H13N3O2S/c1-9-3-5-11(6-4-9)17-8-12-15-16-13(18-12)19-10(2)7-14/h3-6,10H,8H2,1-2H3/t10-/m1/s1. The van der Waals surface area contributed by atoms with Crippen molar-refractivity contribution in [1.82, 2.24) is 10.2 Å². The normalized spacial score (nSPS) is 11.8. The molecule has 0 radical (unpaired) electrons. The van der Waals surface area contributed by atoms with E-state index in [0.29, 0.717) is 11.1 Å². The zero-order chi connectivity index (χ0) is 13.7. The number of hydrogen-bond acceptors (Lipinski definition) is 6. The summed E-state index contributed by atoms with van der Waals surface area (Å²) in [5.74, 6) is 1.15. The van der Waals surface area contributed by atoms with E-state index < -0.39 is 0 Å². The van der Waals surface area contributed by atoms with Gasteiger partial charge in [0.05, 0.1) is 11.3 Å². The molecular weight excluding hydrogens is 262 g/mol. The molecule has 2 aromatic rings. The third-order valence-electron chi connectivity index (χ3n) is 2.29. The second-order valence-electron chi connectivity index (χ2n) is 3.95. The van der Waals surface area contributed by atoms with Gasteiger partial charge in [-0.1, -0.05) is 17.7 Å². The van der Waals surface area contributed by atoms with E-state index in [9.17, 15) is 0 Å². The molecule has 1 aromatic carbocycles. The molecule has 1 heterocycles. The lowest BCUT2D eigenvalue weighted by Crippen LogP contribution is -1.95.